The van der Waals surface area contributed by atoms with Crippen LogP contribution in [0.3, 0.4) is 0 Å². The molecule has 130 valence electrons. The van der Waals surface area contributed by atoms with Crippen molar-refractivity contribution in [2.75, 3.05) is 6.54 Å². The first-order chi connectivity index (χ1) is 12.0. The largest absolute Gasteiger partial charge is 0.361 e. The normalized spacial score (nSPS) is 18.9. The number of H-pyrrole nitrogens is 1. The van der Waals surface area contributed by atoms with Gasteiger partial charge in [-0.1, -0.05) is 29.8 Å². The van der Waals surface area contributed by atoms with Crippen molar-refractivity contribution < 1.29 is 8.42 Å². The third-order valence-corrected chi connectivity index (χ3v) is 7.05. The summed E-state index contributed by atoms with van der Waals surface area (Å²) < 4.78 is 28.1. The Morgan fingerprint density at radius 2 is 1.84 bits per heavy atom. The average molecular weight is 354 g/mol. The number of hydrogen-bond donors (Lipinski definition) is 1. The monoisotopic (exact) mass is 354 g/mol. The van der Waals surface area contributed by atoms with Crippen molar-refractivity contribution in [3.63, 3.8) is 0 Å². The maximum atomic E-state index is 13.2. The number of benzene rings is 2. The van der Waals surface area contributed by atoms with Crippen LogP contribution in [-0.4, -0.2) is 24.3 Å². The minimum atomic E-state index is -3.49. The Morgan fingerprint density at radius 1 is 1.08 bits per heavy atom. The van der Waals surface area contributed by atoms with Crippen LogP contribution in [0.15, 0.2) is 53.6 Å². The lowest BCUT2D eigenvalue weighted by Gasteiger charge is -2.25. The molecule has 1 fully saturated rings. The Hall–Kier alpha value is -2.11. The van der Waals surface area contributed by atoms with E-state index in [1.807, 2.05) is 37.4 Å². The number of aromatic nitrogens is 1. The number of nitrogens with zero attached hydrogens (tertiary/aromatic N) is 1. The molecule has 5 heteroatoms. The summed E-state index contributed by atoms with van der Waals surface area (Å²) in [6.07, 6.45) is 3.73. The van der Waals surface area contributed by atoms with E-state index >= 15 is 0 Å². The van der Waals surface area contributed by atoms with E-state index in [2.05, 4.69) is 18.0 Å². The number of hydrogen-bond acceptors (Lipinski definition) is 2. The lowest BCUT2D eigenvalue weighted by Crippen LogP contribution is -2.30. The third kappa shape index (κ3) is 2.68. The van der Waals surface area contributed by atoms with Gasteiger partial charge in [0.15, 0.2) is 0 Å². The second kappa shape index (κ2) is 6.00. The number of aryl methyl sites for hydroxylation is 2. The molecule has 1 N–H and O–H groups in total. The number of rotatable bonds is 3. The molecule has 1 aromatic heterocycles. The number of nitrogens with one attached hydrogen (secondary N) is 1. The van der Waals surface area contributed by atoms with E-state index in [-0.39, 0.29) is 6.04 Å². The minimum Gasteiger partial charge on any atom is -0.361 e. The molecule has 0 saturated carbocycles. The molecule has 2 aromatic carbocycles. The Morgan fingerprint density at radius 3 is 2.60 bits per heavy atom. The Labute approximate surface area is 148 Å². The van der Waals surface area contributed by atoms with Gasteiger partial charge >= 0.3 is 0 Å². The molecule has 1 unspecified atom stereocenters. The first-order valence-electron chi connectivity index (χ1n) is 8.63. The molecule has 0 amide bonds. The van der Waals surface area contributed by atoms with Crippen molar-refractivity contribution in [2.24, 2.45) is 0 Å². The van der Waals surface area contributed by atoms with Crippen molar-refractivity contribution in [3.05, 3.63) is 65.4 Å². The number of fused-ring (bicyclic) bond motifs is 1. The van der Waals surface area contributed by atoms with Crippen LogP contribution in [0.25, 0.3) is 10.9 Å². The maximum absolute atomic E-state index is 13.2. The van der Waals surface area contributed by atoms with E-state index in [1.54, 1.807) is 16.4 Å². The molecule has 1 aliphatic heterocycles. The fourth-order valence-electron chi connectivity index (χ4n) is 3.85. The van der Waals surface area contributed by atoms with Gasteiger partial charge in [-0.25, -0.2) is 8.42 Å². The van der Waals surface area contributed by atoms with E-state index in [9.17, 15) is 8.42 Å². The second-order valence-electron chi connectivity index (χ2n) is 6.83. The summed E-state index contributed by atoms with van der Waals surface area (Å²) in [7, 11) is -3.49. The predicted molar refractivity (Wildman–Crippen MR) is 100 cm³/mol. The van der Waals surface area contributed by atoms with Gasteiger partial charge in [0.1, 0.15) is 0 Å². The van der Waals surface area contributed by atoms with Gasteiger partial charge in [0, 0.05) is 23.6 Å². The minimum absolute atomic E-state index is 0.107. The van der Waals surface area contributed by atoms with Crippen LogP contribution in [0.1, 0.15) is 35.6 Å². The highest BCUT2D eigenvalue weighted by molar-refractivity contribution is 7.89. The van der Waals surface area contributed by atoms with Crippen molar-refractivity contribution in [2.45, 2.75) is 37.6 Å². The summed E-state index contributed by atoms with van der Waals surface area (Å²) in [4.78, 5) is 3.65. The molecular weight excluding hydrogens is 332 g/mol. The molecule has 0 spiro atoms. The maximum Gasteiger partial charge on any atom is 0.243 e. The zero-order chi connectivity index (χ0) is 17.6. The quantitative estimate of drug-likeness (QED) is 0.762. The fraction of sp³-hybridized carbons (Fsp3) is 0.300. The summed E-state index contributed by atoms with van der Waals surface area (Å²) >= 11 is 0. The van der Waals surface area contributed by atoms with Crippen LogP contribution in [0.5, 0.6) is 0 Å². The van der Waals surface area contributed by atoms with Crippen molar-refractivity contribution >= 4 is 20.9 Å². The highest BCUT2D eigenvalue weighted by atomic mass is 32.2. The Kier molecular flexibility index (Phi) is 3.93. The number of aromatic amines is 1. The van der Waals surface area contributed by atoms with E-state index in [1.165, 1.54) is 0 Å². The standard InChI is InChI=1S/C20H22N2O2S/c1-14-8-10-16(11-9-14)25(23,24)22-12-4-7-19(22)17-5-3-6-18-20(17)15(2)13-21-18/h3,5-6,8-11,13,19,21H,4,7,12H2,1-2H3. The van der Waals surface area contributed by atoms with Crippen molar-refractivity contribution in [1.82, 2.24) is 9.29 Å². The Bertz CT molecular complexity index is 1020. The summed E-state index contributed by atoms with van der Waals surface area (Å²) in [6, 6.07) is 13.1. The molecule has 1 atom stereocenters. The van der Waals surface area contributed by atoms with Crippen LogP contribution in [0.4, 0.5) is 0 Å². The van der Waals surface area contributed by atoms with Gasteiger partial charge in [-0.05, 0) is 56.0 Å². The van der Waals surface area contributed by atoms with Gasteiger partial charge in [0.05, 0.1) is 10.9 Å². The van der Waals surface area contributed by atoms with Crippen LogP contribution in [0, 0.1) is 13.8 Å². The zero-order valence-corrected chi connectivity index (χ0v) is 15.3. The summed E-state index contributed by atoms with van der Waals surface area (Å²) in [6.45, 7) is 4.60. The summed E-state index contributed by atoms with van der Waals surface area (Å²) in [5, 5.41) is 1.15. The fourth-order valence-corrected chi connectivity index (χ4v) is 5.52. The lowest BCUT2D eigenvalue weighted by molar-refractivity contribution is 0.398. The van der Waals surface area contributed by atoms with E-state index in [0.29, 0.717) is 11.4 Å². The summed E-state index contributed by atoms with van der Waals surface area (Å²) in [5.74, 6) is 0. The van der Waals surface area contributed by atoms with E-state index in [4.69, 9.17) is 0 Å². The molecule has 4 rings (SSSR count). The Balaban J connectivity index is 1.80. The molecule has 0 bridgehead atoms. The van der Waals surface area contributed by atoms with Crippen LogP contribution in [0.2, 0.25) is 0 Å². The molecule has 2 heterocycles. The molecule has 1 aliphatic rings. The van der Waals surface area contributed by atoms with Crippen molar-refractivity contribution in [3.8, 4) is 0 Å². The first-order valence-corrected chi connectivity index (χ1v) is 10.1. The van der Waals surface area contributed by atoms with Gasteiger partial charge in [0.2, 0.25) is 10.0 Å². The number of sulfonamides is 1. The van der Waals surface area contributed by atoms with Gasteiger partial charge in [-0.3, -0.25) is 0 Å². The first kappa shape index (κ1) is 16.4. The highest BCUT2D eigenvalue weighted by Crippen LogP contribution is 2.40. The van der Waals surface area contributed by atoms with Gasteiger partial charge in [-0.15, -0.1) is 0 Å². The molecule has 0 aliphatic carbocycles. The average Bonchev–Trinajstić information content (AvgIpc) is 3.23. The summed E-state index contributed by atoms with van der Waals surface area (Å²) in [5.41, 5.74) is 4.38. The molecule has 1 saturated heterocycles. The SMILES string of the molecule is Cc1ccc(S(=O)(=O)N2CCCC2c2cccc3[nH]cc(C)c23)cc1. The van der Waals surface area contributed by atoms with E-state index in [0.717, 1.165) is 40.4 Å². The molecule has 0 radical (unpaired) electrons. The van der Waals surface area contributed by atoms with Crippen LogP contribution < -0.4 is 0 Å². The van der Waals surface area contributed by atoms with Gasteiger partial charge in [-0.2, -0.15) is 4.31 Å². The molecule has 4 nitrogen and oxygen atoms in total. The highest BCUT2D eigenvalue weighted by Gasteiger charge is 2.37. The van der Waals surface area contributed by atoms with Crippen LogP contribution in [-0.2, 0) is 10.0 Å². The third-order valence-electron chi connectivity index (χ3n) is 5.13. The van der Waals surface area contributed by atoms with Crippen molar-refractivity contribution in [1.29, 1.82) is 0 Å². The van der Waals surface area contributed by atoms with Gasteiger partial charge < -0.3 is 4.98 Å². The smallest absolute Gasteiger partial charge is 0.243 e. The molecule has 25 heavy (non-hydrogen) atoms. The topological polar surface area (TPSA) is 53.2 Å². The predicted octanol–water partition coefficient (Wildman–Crippen LogP) is 4.31. The molecular formula is C20H22N2O2S. The second-order valence-corrected chi connectivity index (χ2v) is 8.72. The van der Waals surface area contributed by atoms with E-state index < -0.39 is 10.0 Å². The van der Waals surface area contributed by atoms with Gasteiger partial charge in [0.25, 0.3) is 0 Å². The van der Waals surface area contributed by atoms with Crippen LogP contribution >= 0.6 is 0 Å². The zero-order valence-electron chi connectivity index (χ0n) is 14.5. The lowest BCUT2D eigenvalue weighted by atomic mass is 9.99. The molecule has 3 aromatic rings.